The van der Waals surface area contributed by atoms with Gasteiger partial charge in [0, 0.05) is 12.6 Å². The van der Waals surface area contributed by atoms with E-state index in [1.54, 1.807) is 6.26 Å². The highest BCUT2D eigenvalue weighted by Gasteiger charge is 2.05. The van der Waals surface area contributed by atoms with Gasteiger partial charge in [-0.1, -0.05) is 26.2 Å². The van der Waals surface area contributed by atoms with Gasteiger partial charge in [0.2, 0.25) is 0 Å². The van der Waals surface area contributed by atoms with Gasteiger partial charge in [0.05, 0.1) is 5.70 Å². The summed E-state index contributed by atoms with van der Waals surface area (Å²) in [5.41, 5.74) is 1.15. The Morgan fingerprint density at radius 1 is 1.31 bits per heavy atom. The first kappa shape index (κ1) is 10.2. The fraction of sp³-hybridized carbons (Fsp3) is 0.636. The second-order valence-electron chi connectivity index (χ2n) is 3.42. The zero-order valence-corrected chi connectivity index (χ0v) is 8.60. The van der Waals surface area contributed by atoms with E-state index in [2.05, 4.69) is 19.2 Å². The predicted molar refractivity (Wildman–Crippen MR) is 54.8 cm³/mol. The average Bonchev–Trinajstić information content (AvgIpc) is 2.15. The van der Waals surface area contributed by atoms with E-state index in [0.717, 1.165) is 17.9 Å². The van der Waals surface area contributed by atoms with Crippen LogP contribution in [0.5, 0.6) is 0 Å². The van der Waals surface area contributed by atoms with Gasteiger partial charge in [-0.25, -0.2) is 0 Å². The summed E-state index contributed by atoms with van der Waals surface area (Å²) >= 11 is 0. The molecule has 1 aliphatic rings. The lowest BCUT2D eigenvalue weighted by atomic mass is 10.1. The maximum atomic E-state index is 5.41. The number of allylic oxidation sites excluding steroid dienone is 2. The summed E-state index contributed by atoms with van der Waals surface area (Å²) in [7, 11) is 0. The molecule has 0 saturated heterocycles. The topological polar surface area (TPSA) is 21.3 Å². The van der Waals surface area contributed by atoms with Crippen LogP contribution in [-0.2, 0) is 4.74 Å². The Morgan fingerprint density at radius 2 is 2.15 bits per heavy atom. The molecule has 0 aromatic carbocycles. The molecule has 0 amide bonds. The molecule has 1 N–H and O–H groups in total. The molecule has 0 bridgehead atoms. The zero-order chi connectivity index (χ0) is 9.52. The van der Waals surface area contributed by atoms with E-state index >= 15 is 0 Å². The van der Waals surface area contributed by atoms with Gasteiger partial charge in [-0.2, -0.15) is 0 Å². The van der Waals surface area contributed by atoms with Crippen LogP contribution < -0.4 is 5.32 Å². The number of nitrogens with one attached hydrogen (secondary N) is 1. The van der Waals surface area contributed by atoms with Crippen LogP contribution in [0.25, 0.3) is 0 Å². The van der Waals surface area contributed by atoms with E-state index in [-0.39, 0.29) is 0 Å². The maximum absolute atomic E-state index is 5.41. The van der Waals surface area contributed by atoms with E-state index in [4.69, 9.17) is 4.74 Å². The van der Waals surface area contributed by atoms with Crippen LogP contribution in [0.1, 0.15) is 46.0 Å². The van der Waals surface area contributed by atoms with Gasteiger partial charge in [-0.05, 0) is 13.3 Å². The van der Waals surface area contributed by atoms with Crippen LogP contribution in [0.4, 0.5) is 0 Å². The van der Waals surface area contributed by atoms with Crippen LogP contribution in [0, 0.1) is 0 Å². The molecule has 0 radical (unpaired) electrons. The van der Waals surface area contributed by atoms with E-state index in [9.17, 15) is 0 Å². The summed E-state index contributed by atoms with van der Waals surface area (Å²) in [5.74, 6) is 1.10. The Balaban J connectivity index is 2.20. The lowest BCUT2D eigenvalue weighted by molar-refractivity contribution is 0.309. The van der Waals surface area contributed by atoms with Crippen LogP contribution in [0.3, 0.4) is 0 Å². The number of unbranched alkanes of at least 4 members (excludes halogenated alkanes) is 3. The van der Waals surface area contributed by atoms with Crippen LogP contribution >= 0.6 is 0 Å². The Hall–Kier alpha value is -0.920. The molecular formula is C11H19NO. The first-order valence-electron chi connectivity index (χ1n) is 5.12. The van der Waals surface area contributed by atoms with Crippen molar-refractivity contribution in [2.45, 2.75) is 46.0 Å². The third-order valence-corrected chi connectivity index (χ3v) is 2.25. The van der Waals surface area contributed by atoms with Crippen molar-refractivity contribution in [3.05, 3.63) is 23.9 Å². The zero-order valence-electron chi connectivity index (χ0n) is 8.60. The number of hydrogen-bond acceptors (Lipinski definition) is 2. The van der Waals surface area contributed by atoms with Gasteiger partial charge in [0.15, 0.2) is 0 Å². The molecule has 74 valence electrons. The predicted octanol–water partition coefficient (Wildman–Crippen LogP) is 3.28. The maximum Gasteiger partial charge on any atom is 0.122 e. The summed E-state index contributed by atoms with van der Waals surface area (Å²) < 4.78 is 5.41. The van der Waals surface area contributed by atoms with Gasteiger partial charge in [-0.15, -0.1) is 0 Å². The van der Waals surface area contributed by atoms with Crippen LogP contribution in [0.15, 0.2) is 23.9 Å². The molecule has 0 aromatic rings. The van der Waals surface area contributed by atoms with Crippen molar-refractivity contribution in [1.82, 2.24) is 5.32 Å². The SMILES string of the molecule is CCCCCCC1=C(C)NC=CO1. The van der Waals surface area contributed by atoms with Gasteiger partial charge in [-0.3, -0.25) is 0 Å². The molecule has 0 fully saturated rings. The monoisotopic (exact) mass is 181 g/mol. The lowest BCUT2D eigenvalue weighted by Crippen LogP contribution is -2.10. The summed E-state index contributed by atoms with van der Waals surface area (Å²) in [4.78, 5) is 0. The number of hydrogen-bond donors (Lipinski definition) is 1. The van der Waals surface area contributed by atoms with E-state index in [0.29, 0.717) is 0 Å². The third kappa shape index (κ3) is 3.53. The molecule has 0 unspecified atom stereocenters. The summed E-state index contributed by atoms with van der Waals surface area (Å²) in [5, 5.41) is 3.15. The van der Waals surface area contributed by atoms with Crippen molar-refractivity contribution in [3.8, 4) is 0 Å². The molecule has 1 aliphatic heterocycles. The first-order chi connectivity index (χ1) is 6.34. The second kappa shape index (κ2) is 5.68. The van der Waals surface area contributed by atoms with Gasteiger partial charge in [0.25, 0.3) is 0 Å². The minimum atomic E-state index is 1.06. The minimum absolute atomic E-state index is 1.06. The van der Waals surface area contributed by atoms with Crippen molar-refractivity contribution < 1.29 is 4.74 Å². The van der Waals surface area contributed by atoms with E-state index in [1.807, 2.05) is 6.20 Å². The van der Waals surface area contributed by atoms with E-state index < -0.39 is 0 Å². The Labute approximate surface area is 80.7 Å². The standard InChI is InChI=1S/C11H19NO/c1-3-4-5-6-7-11-10(2)12-8-9-13-11/h8-9,12H,3-7H2,1-2H3. The summed E-state index contributed by atoms with van der Waals surface area (Å²) in [6, 6.07) is 0. The van der Waals surface area contributed by atoms with Crippen molar-refractivity contribution in [3.63, 3.8) is 0 Å². The molecule has 0 aliphatic carbocycles. The van der Waals surface area contributed by atoms with Gasteiger partial charge >= 0.3 is 0 Å². The van der Waals surface area contributed by atoms with E-state index in [1.165, 1.54) is 25.7 Å². The summed E-state index contributed by atoms with van der Waals surface area (Å²) in [6.45, 7) is 4.28. The minimum Gasteiger partial charge on any atom is -0.466 e. The molecule has 0 aromatic heterocycles. The molecular weight excluding hydrogens is 162 g/mol. The highest BCUT2D eigenvalue weighted by Crippen LogP contribution is 2.16. The fourth-order valence-electron chi connectivity index (χ4n) is 1.40. The third-order valence-electron chi connectivity index (χ3n) is 2.25. The molecule has 0 spiro atoms. The smallest absolute Gasteiger partial charge is 0.122 e. The first-order valence-corrected chi connectivity index (χ1v) is 5.12. The quantitative estimate of drug-likeness (QED) is 0.657. The molecule has 13 heavy (non-hydrogen) atoms. The molecule has 0 saturated carbocycles. The molecule has 1 heterocycles. The normalized spacial score (nSPS) is 15.5. The Bertz CT molecular complexity index is 206. The lowest BCUT2D eigenvalue weighted by Gasteiger charge is -2.15. The number of rotatable bonds is 5. The fourth-order valence-corrected chi connectivity index (χ4v) is 1.40. The van der Waals surface area contributed by atoms with Crippen molar-refractivity contribution in [2.24, 2.45) is 0 Å². The average molecular weight is 181 g/mol. The Morgan fingerprint density at radius 3 is 2.85 bits per heavy atom. The van der Waals surface area contributed by atoms with Crippen LogP contribution in [-0.4, -0.2) is 0 Å². The largest absolute Gasteiger partial charge is 0.466 e. The highest BCUT2D eigenvalue weighted by molar-refractivity contribution is 5.10. The molecule has 2 heteroatoms. The molecule has 1 rings (SSSR count). The molecule has 2 nitrogen and oxygen atoms in total. The van der Waals surface area contributed by atoms with Gasteiger partial charge < -0.3 is 10.1 Å². The second-order valence-corrected chi connectivity index (χ2v) is 3.42. The van der Waals surface area contributed by atoms with Crippen LogP contribution in [0.2, 0.25) is 0 Å². The molecule has 0 atom stereocenters. The van der Waals surface area contributed by atoms with Gasteiger partial charge in [0.1, 0.15) is 12.0 Å². The highest BCUT2D eigenvalue weighted by atomic mass is 16.5. The number of ether oxygens (including phenoxy) is 1. The van der Waals surface area contributed by atoms with Crippen molar-refractivity contribution >= 4 is 0 Å². The summed E-state index contributed by atoms with van der Waals surface area (Å²) in [6.07, 6.45) is 9.75. The van der Waals surface area contributed by atoms with Crippen molar-refractivity contribution in [1.29, 1.82) is 0 Å². The van der Waals surface area contributed by atoms with Crippen molar-refractivity contribution in [2.75, 3.05) is 0 Å². The Kier molecular flexibility index (Phi) is 4.44.